The molecule has 1 aromatic carbocycles. The molecule has 0 heterocycles. The summed E-state index contributed by atoms with van der Waals surface area (Å²) in [4.78, 5) is 0. The summed E-state index contributed by atoms with van der Waals surface area (Å²) >= 11 is 6.14. The van der Waals surface area contributed by atoms with Gasteiger partial charge in [-0.1, -0.05) is 44.5 Å². The Morgan fingerprint density at radius 3 is 2.75 bits per heavy atom. The van der Waals surface area contributed by atoms with E-state index in [2.05, 4.69) is 26.1 Å². The molecule has 0 amide bonds. The molecule has 0 aliphatic heterocycles. The molecule has 2 nitrogen and oxygen atoms in total. The molecule has 16 heavy (non-hydrogen) atoms. The Balaban J connectivity index is 2.77. The molecule has 0 bridgehead atoms. The summed E-state index contributed by atoms with van der Waals surface area (Å²) in [6.45, 7) is 8.77. The first-order valence-corrected chi connectivity index (χ1v) is 6.13. The molecule has 0 fully saturated rings. The standard InChI is InChI=1S/C13H20ClNO/c1-4-15-8-11-6-5-7-12(14)13(11)16-9-10(2)3/h5-7,10,15H,4,8-9H2,1-3H3. The maximum absolute atomic E-state index is 6.14. The highest BCUT2D eigenvalue weighted by molar-refractivity contribution is 6.32. The van der Waals surface area contributed by atoms with Crippen molar-refractivity contribution in [3.63, 3.8) is 0 Å². The minimum absolute atomic E-state index is 0.503. The third-order valence-electron chi connectivity index (χ3n) is 2.17. The molecule has 0 saturated heterocycles. The molecule has 0 unspecified atom stereocenters. The molecule has 0 saturated carbocycles. The first kappa shape index (κ1) is 13.3. The Morgan fingerprint density at radius 2 is 2.12 bits per heavy atom. The van der Waals surface area contributed by atoms with Crippen LogP contribution < -0.4 is 10.1 Å². The molecular weight excluding hydrogens is 222 g/mol. The number of nitrogens with one attached hydrogen (secondary N) is 1. The summed E-state index contributed by atoms with van der Waals surface area (Å²) in [5, 5.41) is 3.97. The monoisotopic (exact) mass is 241 g/mol. The van der Waals surface area contributed by atoms with Crippen LogP contribution in [-0.4, -0.2) is 13.2 Å². The van der Waals surface area contributed by atoms with Crippen molar-refractivity contribution in [1.29, 1.82) is 0 Å². The second-order valence-electron chi connectivity index (χ2n) is 4.21. The highest BCUT2D eigenvalue weighted by Crippen LogP contribution is 2.29. The summed E-state index contributed by atoms with van der Waals surface area (Å²) < 4.78 is 5.75. The third-order valence-corrected chi connectivity index (χ3v) is 2.47. The van der Waals surface area contributed by atoms with E-state index in [4.69, 9.17) is 16.3 Å². The number of benzene rings is 1. The lowest BCUT2D eigenvalue weighted by molar-refractivity contribution is 0.268. The van der Waals surface area contributed by atoms with E-state index in [1.165, 1.54) is 0 Å². The summed E-state index contributed by atoms with van der Waals surface area (Å²) in [7, 11) is 0. The van der Waals surface area contributed by atoms with Crippen molar-refractivity contribution >= 4 is 11.6 Å². The van der Waals surface area contributed by atoms with Crippen molar-refractivity contribution < 1.29 is 4.74 Å². The zero-order valence-electron chi connectivity index (χ0n) is 10.2. The van der Waals surface area contributed by atoms with Crippen molar-refractivity contribution in [2.24, 2.45) is 5.92 Å². The SMILES string of the molecule is CCNCc1cccc(Cl)c1OCC(C)C. The predicted molar refractivity (Wildman–Crippen MR) is 69.2 cm³/mol. The van der Waals surface area contributed by atoms with Crippen molar-refractivity contribution in [3.8, 4) is 5.75 Å². The molecule has 0 aromatic heterocycles. The lowest BCUT2D eigenvalue weighted by atomic mass is 10.2. The fourth-order valence-corrected chi connectivity index (χ4v) is 1.61. The van der Waals surface area contributed by atoms with Gasteiger partial charge in [0, 0.05) is 12.1 Å². The molecule has 0 aliphatic carbocycles. The fourth-order valence-electron chi connectivity index (χ4n) is 1.36. The molecule has 1 N–H and O–H groups in total. The topological polar surface area (TPSA) is 21.3 Å². The van der Waals surface area contributed by atoms with E-state index in [0.717, 1.165) is 24.4 Å². The van der Waals surface area contributed by atoms with Crippen LogP contribution >= 0.6 is 11.6 Å². The van der Waals surface area contributed by atoms with Crippen LogP contribution in [0.3, 0.4) is 0 Å². The molecule has 1 aromatic rings. The van der Waals surface area contributed by atoms with E-state index in [1.54, 1.807) is 0 Å². The first-order valence-electron chi connectivity index (χ1n) is 5.76. The lowest BCUT2D eigenvalue weighted by Crippen LogP contribution is -2.14. The van der Waals surface area contributed by atoms with Crippen LogP contribution in [0.4, 0.5) is 0 Å². The van der Waals surface area contributed by atoms with Crippen LogP contribution in [0.15, 0.2) is 18.2 Å². The van der Waals surface area contributed by atoms with Crippen molar-refractivity contribution in [2.45, 2.75) is 27.3 Å². The zero-order chi connectivity index (χ0) is 12.0. The molecule has 90 valence electrons. The van der Waals surface area contributed by atoms with Crippen LogP contribution in [0.2, 0.25) is 5.02 Å². The maximum atomic E-state index is 6.14. The Hall–Kier alpha value is -0.730. The van der Waals surface area contributed by atoms with E-state index < -0.39 is 0 Å². The van der Waals surface area contributed by atoms with Gasteiger partial charge in [0.25, 0.3) is 0 Å². The van der Waals surface area contributed by atoms with E-state index in [0.29, 0.717) is 17.5 Å². The molecule has 0 spiro atoms. The molecule has 0 radical (unpaired) electrons. The van der Waals surface area contributed by atoms with Gasteiger partial charge in [0.15, 0.2) is 0 Å². The van der Waals surface area contributed by atoms with Gasteiger partial charge in [0.05, 0.1) is 11.6 Å². The van der Waals surface area contributed by atoms with Crippen LogP contribution in [0, 0.1) is 5.92 Å². The first-order chi connectivity index (χ1) is 7.65. The second kappa shape index (κ2) is 6.77. The average Bonchev–Trinajstić information content (AvgIpc) is 2.24. The quantitative estimate of drug-likeness (QED) is 0.823. The Bertz CT molecular complexity index is 326. The van der Waals surface area contributed by atoms with E-state index in [9.17, 15) is 0 Å². The van der Waals surface area contributed by atoms with Gasteiger partial charge in [-0.15, -0.1) is 0 Å². The third kappa shape index (κ3) is 4.03. The smallest absolute Gasteiger partial charge is 0.142 e. The van der Waals surface area contributed by atoms with Gasteiger partial charge in [0.1, 0.15) is 5.75 Å². The number of ether oxygens (including phenoxy) is 1. The number of para-hydroxylation sites is 1. The zero-order valence-corrected chi connectivity index (χ0v) is 11.0. The van der Waals surface area contributed by atoms with Crippen molar-refractivity contribution in [1.82, 2.24) is 5.32 Å². The van der Waals surface area contributed by atoms with Gasteiger partial charge >= 0.3 is 0 Å². The number of hydrogen-bond acceptors (Lipinski definition) is 2. The number of rotatable bonds is 6. The summed E-state index contributed by atoms with van der Waals surface area (Å²) in [5.41, 5.74) is 1.12. The molecular formula is C13H20ClNO. The van der Waals surface area contributed by atoms with Gasteiger partial charge in [-0.2, -0.15) is 0 Å². The minimum Gasteiger partial charge on any atom is -0.491 e. The minimum atomic E-state index is 0.503. The fraction of sp³-hybridized carbons (Fsp3) is 0.538. The lowest BCUT2D eigenvalue weighted by Gasteiger charge is -2.14. The highest BCUT2D eigenvalue weighted by Gasteiger charge is 2.08. The van der Waals surface area contributed by atoms with Crippen LogP contribution in [0.1, 0.15) is 26.3 Å². The average molecular weight is 242 g/mol. The van der Waals surface area contributed by atoms with Gasteiger partial charge in [-0.05, 0) is 18.5 Å². The largest absolute Gasteiger partial charge is 0.491 e. The highest BCUT2D eigenvalue weighted by atomic mass is 35.5. The Kier molecular flexibility index (Phi) is 5.64. The Morgan fingerprint density at radius 1 is 1.38 bits per heavy atom. The number of halogens is 1. The van der Waals surface area contributed by atoms with Gasteiger partial charge in [-0.25, -0.2) is 0 Å². The summed E-state index contributed by atoms with van der Waals surface area (Å²) in [6, 6.07) is 5.87. The van der Waals surface area contributed by atoms with Gasteiger partial charge in [-0.3, -0.25) is 0 Å². The molecule has 0 atom stereocenters. The van der Waals surface area contributed by atoms with Crippen molar-refractivity contribution in [2.75, 3.05) is 13.2 Å². The molecule has 0 aliphatic rings. The number of hydrogen-bond donors (Lipinski definition) is 1. The van der Waals surface area contributed by atoms with E-state index in [1.807, 2.05) is 18.2 Å². The van der Waals surface area contributed by atoms with Crippen LogP contribution in [0.5, 0.6) is 5.75 Å². The van der Waals surface area contributed by atoms with Crippen LogP contribution in [0.25, 0.3) is 0 Å². The van der Waals surface area contributed by atoms with Gasteiger partial charge < -0.3 is 10.1 Å². The van der Waals surface area contributed by atoms with Crippen LogP contribution in [-0.2, 0) is 6.54 Å². The second-order valence-corrected chi connectivity index (χ2v) is 4.62. The maximum Gasteiger partial charge on any atom is 0.142 e. The summed E-state index contributed by atoms with van der Waals surface area (Å²) in [6.07, 6.45) is 0. The van der Waals surface area contributed by atoms with Crippen molar-refractivity contribution in [3.05, 3.63) is 28.8 Å². The normalized spacial score (nSPS) is 10.8. The summed E-state index contributed by atoms with van der Waals surface area (Å²) in [5.74, 6) is 1.32. The van der Waals surface area contributed by atoms with Gasteiger partial charge in [0.2, 0.25) is 0 Å². The van der Waals surface area contributed by atoms with E-state index in [-0.39, 0.29) is 0 Å². The predicted octanol–water partition coefficient (Wildman–Crippen LogP) is 3.48. The Labute approximate surface area is 103 Å². The molecule has 1 rings (SSSR count). The van der Waals surface area contributed by atoms with E-state index >= 15 is 0 Å². The molecule has 3 heteroatoms.